The molecule has 6 aromatic carbocycles. The normalized spacial score (nSPS) is 12.7. The number of sulfone groups is 1. The quantitative estimate of drug-likeness (QED) is 0.00504. The van der Waals surface area contributed by atoms with Gasteiger partial charge in [0.15, 0.2) is 22.4 Å². The minimum atomic E-state index is -3.95. The van der Waals surface area contributed by atoms with Gasteiger partial charge in [0.05, 0.1) is 67.2 Å². The van der Waals surface area contributed by atoms with Crippen LogP contribution in [0.25, 0.3) is 22.2 Å². The Labute approximate surface area is 740 Å². The zero-order chi connectivity index (χ0) is 91.6. The Hall–Kier alpha value is -11.6. The lowest BCUT2D eigenvalue weighted by molar-refractivity contribution is -0.151. The molecular formula is C103H136N6O14S. The molecule has 0 aliphatic carbocycles. The third-order valence-corrected chi connectivity index (χ3v) is 22.2. The molecule has 0 saturated carbocycles. The largest absolute Gasteiger partial charge is 0.497 e. The number of benzene rings is 6. The fraction of sp³-hybridized carbons (Fsp3) is 0.437. The van der Waals surface area contributed by atoms with Crippen molar-refractivity contribution in [3.8, 4) is 29.1 Å². The zero-order valence-corrected chi connectivity index (χ0v) is 77.6. The molecule has 7 aromatic rings. The number of para-hydroxylation sites is 1. The first kappa shape index (κ1) is 105. The number of methoxy groups -OCH3 is 1. The third-order valence-electron chi connectivity index (χ3n) is 20.4. The summed E-state index contributed by atoms with van der Waals surface area (Å²) in [6.07, 6.45) is 27.4. The molecule has 0 radical (unpaired) electrons. The minimum absolute atomic E-state index is 0.0422. The van der Waals surface area contributed by atoms with Crippen LogP contribution in [0.15, 0.2) is 239 Å². The van der Waals surface area contributed by atoms with Gasteiger partial charge in [-0.2, -0.15) is 10.5 Å². The number of rotatable bonds is 41. The monoisotopic (exact) mass is 1710 g/mol. The number of ether oxygens (including phenoxy) is 6. The maximum Gasteiger partial charge on any atom is 0.350 e. The van der Waals surface area contributed by atoms with Gasteiger partial charge in [-0.05, 0) is 195 Å². The molecule has 0 unspecified atom stereocenters. The molecule has 1 saturated heterocycles. The average molecular weight is 1710 g/mol. The van der Waals surface area contributed by atoms with Gasteiger partial charge < -0.3 is 47.7 Å². The maximum absolute atomic E-state index is 13.0. The van der Waals surface area contributed by atoms with Crippen LogP contribution in [0.5, 0.6) is 5.75 Å². The second kappa shape index (κ2) is 56.3. The van der Waals surface area contributed by atoms with Crippen LogP contribution >= 0.6 is 0 Å². The van der Waals surface area contributed by atoms with Crippen LogP contribution in [0.2, 0.25) is 0 Å². The molecule has 0 atom stereocenters. The summed E-state index contributed by atoms with van der Waals surface area (Å²) in [5.74, 6) is -2.11. The highest BCUT2D eigenvalue weighted by Gasteiger charge is 2.34. The average Bonchev–Trinajstić information content (AvgIpc) is 1.61. The Morgan fingerprint density at radius 1 is 0.565 bits per heavy atom. The number of hydrogen-bond donors (Lipinski definition) is 0. The maximum atomic E-state index is 13.0. The third kappa shape index (κ3) is 36.5. The molecule has 8 rings (SSSR count). The number of nitriles is 2. The van der Waals surface area contributed by atoms with Crippen molar-refractivity contribution in [1.29, 1.82) is 10.5 Å². The predicted molar refractivity (Wildman–Crippen MR) is 497 cm³/mol. The summed E-state index contributed by atoms with van der Waals surface area (Å²) < 4.78 is 59.8. The zero-order valence-electron chi connectivity index (χ0n) is 76.8. The molecule has 0 amide bonds. The number of Topliss-reactive ketones (excluding diaryl/α,β-unsaturated/α-hetero) is 2. The van der Waals surface area contributed by atoms with Crippen molar-refractivity contribution < 1.29 is 65.6 Å². The van der Waals surface area contributed by atoms with Crippen LogP contribution in [0.1, 0.15) is 225 Å². The summed E-state index contributed by atoms with van der Waals surface area (Å²) in [4.78, 5) is 79.7. The van der Waals surface area contributed by atoms with E-state index < -0.39 is 33.7 Å². The highest BCUT2D eigenvalue weighted by molar-refractivity contribution is 7.96. The van der Waals surface area contributed by atoms with Crippen LogP contribution < -0.4 is 4.74 Å². The molecule has 21 heteroatoms. The summed E-state index contributed by atoms with van der Waals surface area (Å²) in [5.41, 5.74) is 8.19. The van der Waals surface area contributed by atoms with Crippen LogP contribution in [0, 0.1) is 28.6 Å². The second-order valence-corrected chi connectivity index (χ2v) is 34.1. The molecule has 124 heavy (non-hydrogen) atoms. The summed E-state index contributed by atoms with van der Waals surface area (Å²) in [6.45, 7) is 34.7. The number of aryl methyl sites for hydroxylation is 1. The molecule has 1 fully saturated rings. The van der Waals surface area contributed by atoms with Crippen molar-refractivity contribution in [2.24, 2.45) is 13.0 Å². The second-order valence-electron chi connectivity index (χ2n) is 32.2. The molecule has 1 aromatic heterocycles. The summed E-state index contributed by atoms with van der Waals surface area (Å²) in [7, 11) is 1.55. The molecule has 1 aliphatic rings. The van der Waals surface area contributed by atoms with E-state index in [1.165, 1.54) is 69.2 Å². The first-order chi connectivity index (χ1) is 59.3. The molecule has 0 bridgehead atoms. The number of ketones is 2. The van der Waals surface area contributed by atoms with E-state index in [0.717, 1.165) is 97.1 Å². The fourth-order valence-corrected chi connectivity index (χ4v) is 14.1. The van der Waals surface area contributed by atoms with Crippen molar-refractivity contribution in [2.45, 2.75) is 228 Å². The van der Waals surface area contributed by atoms with Crippen molar-refractivity contribution >= 4 is 56.2 Å². The van der Waals surface area contributed by atoms with Crippen molar-refractivity contribution in [3.63, 3.8) is 0 Å². The molecule has 0 N–H and O–H groups in total. The van der Waals surface area contributed by atoms with Gasteiger partial charge in [0, 0.05) is 80.7 Å². The molecule has 0 spiro atoms. The van der Waals surface area contributed by atoms with Crippen LogP contribution in [-0.2, 0) is 78.0 Å². The summed E-state index contributed by atoms with van der Waals surface area (Å²) in [6, 6.07) is 54.7. The van der Waals surface area contributed by atoms with E-state index in [4.69, 9.17) is 38.9 Å². The smallest absolute Gasteiger partial charge is 0.350 e. The fourth-order valence-electron chi connectivity index (χ4n) is 12.8. The van der Waals surface area contributed by atoms with Gasteiger partial charge in [0.1, 0.15) is 23.8 Å². The molecule has 2 heterocycles. The molecule has 20 nitrogen and oxygen atoms in total. The molecule has 1 aliphatic heterocycles. The van der Waals surface area contributed by atoms with E-state index in [1.807, 2.05) is 143 Å². The SMILES string of the molecule is CC(C)OC(=O)C(=C/C=C1\OCC(C)(C)N1C)C(=O)OC(C)C.CCCCCCCCOC(=O)/C(=C/C=C/N(CC)CC)Cc1ccccc1.CCCCCCCCOC(=O)/C(=C/C=C/N(CC)CC)S(=O)(=O)c1ccccc1.COc1ccc(C(=O)CC(=O)c2ccc(C(C)(C)C)cc2)cc1.Cn1c(-c2ccccc2)c(CC(C#N)C#N)c2ccccc21. The number of hydrogen-bond acceptors (Lipinski definition) is 19. The number of allylic oxidation sites excluding steroid dienone is 6. The van der Waals surface area contributed by atoms with E-state index in [1.54, 1.807) is 108 Å². The standard InChI is InChI=1S/C24H37NO2.C23H35NO4S.C20H22O3.C19H15N3.C17H27NO5/c1-4-7-8-9-10-14-20-27-24(26)23(18-15-19-25(5-2)6-3)21-22-16-12-11-13-17-22;1-4-7-8-9-10-14-20-28-23(25)22(18-15-19-24(5-2)6-3)29(26,27)21-16-12-11-13-17-21;1-20(2,3)16-9-5-14(6-10-16)18(21)13-19(22)15-7-11-17(23-4)12-8-15;1-22-18-10-6-5-9-16(18)17(11-14(12-20)13-21)19(22)15-7-3-2-4-8-15;1-11(2)22-15(19)13(16(20)23-12(3)4)8-9-14-18(7)17(5,6)10-21-14/h11-13,15-19H,4-10,14,20-21H2,1-3H3;11-13,15-19H,4-10,14,20H2,1-3H3;5-12H,13H2,1-4H3;2-10,14H,11H2,1H3;8-9,11-12H,10H2,1-7H3/b19-15+,23-18+;19-15+,22-18-;;;14-9-. The van der Waals surface area contributed by atoms with Crippen molar-refractivity contribution in [3.05, 3.63) is 262 Å². The molecular weight excluding hydrogens is 1580 g/mol. The van der Waals surface area contributed by atoms with E-state index in [0.29, 0.717) is 54.4 Å². The van der Waals surface area contributed by atoms with E-state index >= 15 is 0 Å². The minimum Gasteiger partial charge on any atom is -0.497 e. The Kier molecular flexibility index (Phi) is 47.5. The van der Waals surface area contributed by atoms with E-state index in [2.05, 4.69) is 94.3 Å². The Bertz CT molecular complexity index is 4780. The van der Waals surface area contributed by atoms with Crippen molar-refractivity contribution in [2.75, 3.05) is 60.2 Å². The Morgan fingerprint density at radius 2 is 1.02 bits per heavy atom. The highest BCUT2D eigenvalue weighted by atomic mass is 32.2. The lowest BCUT2D eigenvalue weighted by atomic mass is 9.86. The number of aromatic nitrogens is 1. The number of likely N-dealkylation sites (N-methyl/N-ethyl adjacent to an activating group) is 1. The Morgan fingerprint density at radius 3 is 1.49 bits per heavy atom. The first-order valence-corrected chi connectivity index (χ1v) is 45.1. The summed E-state index contributed by atoms with van der Waals surface area (Å²) >= 11 is 0. The van der Waals surface area contributed by atoms with Crippen molar-refractivity contribution in [1.82, 2.24) is 19.3 Å². The topological polar surface area (TPSA) is 254 Å². The van der Waals surface area contributed by atoms with Gasteiger partial charge in [-0.15, -0.1) is 0 Å². The van der Waals surface area contributed by atoms with E-state index in [9.17, 15) is 37.2 Å². The van der Waals surface area contributed by atoms with Gasteiger partial charge >= 0.3 is 23.9 Å². The number of unbranched alkanes of at least 4 members (excludes halogenated alkanes) is 10. The van der Waals surface area contributed by atoms with Crippen LogP contribution in [0.3, 0.4) is 0 Å². The summed E-state index contributed by atoms with van der Waals surface area (Å²) in [5, 5.41) is 19.4. The first-order valence-electron chi connectivity index (χ1n) is 43.6. The lowest BCUT2D eigenvalue weighted by Crippen LogP contribution is -2.36. The number of carbonyl (C=O) groups is 6. The van der Waals surface area contributed by atoms with Gasteiger partial charge in [-0.3, -0.25) is 9.59 Å². The lowest BCUT2D eigenvalue weighted by Gasteiger charge is -2.25. The van der Waals surface area contributed by atoms with Crippen LogP contribution in [0.4, 0.5) is 0 Å². The van der Waals surface area contributed by atoms with Gasteiger partial charge in [0.25, 0.3) is 0 Å². The van der Waals surface area contributed by atoms with E-state index in [-0.39, 0.29) is 69.1 Å². The Balaban J connectivity index is 0.000000326. The predicted octanol–water partition coefficient (Wildman–Crippen LogP) is 21.9. The number of carbonyl (C=O) groups excluding carboxylic acids is 6. The molecule has 668 valence electrons. The number of fused-ring (bicyclic) bond motifs is 1. The van der Waals surface area contributed by atoms with Gasteiger partial charge in [-0.25, -0.2) is 27.6 Å². The van der Waals surface area contributed by atoms with Crippen LogP contribution in [-0.4, -0.2) is 141 Å². The highest BCUT2D eigenvalue weighted by Crippen LogP contribution is 2.35. The van der Waals surface area contributed by atoms with Gasteiger partial charge in [0.2, 0.25) is 9.84 Å². The van der Waals surface area contributed by atoms with Gasteiger partial charge in [-0.1, -0.05) is 226 Å². The number of nitrogens with zero attached hydrogens (tertiary/aromatic N) is 6. The number of esters is 4.